The van der Waals surface area contributed by atoms with Gasteiger partial charge in [-0.15, -0.1) is 0 Å². The fourth-order valence-corrected chi connectivity index (χ4v) is 3.10. The summed E-state index contributed by atoms with van der Waals surface area (Å²) in [6.07, 6.45) is 1.17. The smallest absolute Gasteiger partial charge is 0.127 e. The Labute approximate surface area is 130 Å². The molecule has 0 bridgehead atoms. The quantitative estimate of drug-likeness (QED) is 0.883. The van der Waals surface area contributed by atoms with Crippen molar-refractivity contribution in [2.45, 2.75) is 39.7 Å². The van der Waals surface area contributed by atoms with Gasteiger partial charge in [-0.2, -0.15) is 0 Å². The zero-order valence-corrected chi connectivity index (χ0v) is 13.5. The molecule has 0 aliphatic carbocycles. The third-order valence-electron chi connectivity index (χ3n) is 3.83. The van der Waals surface area contributed by atoms with Gasteiger partial charge < -0.3 is 5.73 Å². The van der Waals surface area contributed by atoms with E-state index in [1.165, 1.54) is 28.3 Å². The van der Waals surface area contributed by atoms with Gasteiger partial charge in [0.15, 0.2) is 0 Å². The van der Waals surface area contributed by atoms with E-state index < -0.39 is 0 Å². The number of benzene rings is 2. The van der Waals surface area contributed by atoms with E-state index in [4.69, 9.17) is 17.3 Å². The number of halogens is 2. The molecule has 1 atom stereocenters. The third-order valence-corrected chi connectivity index (χ3v) is 4.19. The molecule has 112 valence electrons. The fraction of sp³-hybridized carbons (Fsp3) is 0.333. The van der Waals surface area contributed by atoms with Gasteiger partial charge in [-0.3, -0.25) is 0 Å². The van der Waals surface area contributed by atoms with Crippen LogP contribution in [0.25, 0.3) is 0 Å². The predicted molar refractivity (Wildman–Crippen MR) is 87.4 cm³/mol. The Balaban J connectivity index is 2.18. The van der Waals surface area contributed by atoms with Crippen LogP contribution in [0.4, 0.5) is 4.39 Å². The lowest BCUT2D eigenvalue weighted by Gasteiger charge is -2.17. The van der Waals surface area contributed by atoms with E-state index in [2.05, 4.69) is 32.9 Å². The van der Waals surface area contributed by atoms with Crippen molar-refractivity contribution in [2.24, 2.45) is 5.73 Å². The van der Waals surface area contributed by atoms with Gasteiger partial charge in [-0.25, -0.2) is 4.39 Å². The van der Waals surface area contributed by atoms with E-state index in [9.17, 15) is 4.39 Å². The van der Waals surface area contributed by atoms with E-state index in [0.29, 0.717) is 17.0 Å². The topological polar surface area (TPSA) is 26.0 Å². The SMILES string of the molecule is Cc1cc(C)c(CC(N)Cc2c(F)cccc2Cl)c(C)c1. The monoisotopic (exact) mass is 305 g/mol. The molecular weight excluding hydrogens is 285 g/mol. The van der Waals surface area contributed by atoms with Crippen molar-refractivity contribution in [3.8, 4) is 0 Å². The average Bonchev–Trinajstić information content (AvgIpc) is 2.38. The van der Waals surface area contributed by atoms with Crippen molar-refractivity contribution < 1.29 is 4.39 Å². The standard InChI is InChI=1S/C18H21ClFN/c1-11-7-12(2)15(13(3)8-11)9-14(21)10-16-17(19)5-4-6-18(16)20/h4-8,14H,9-10,21H2,1-3H3. The third kappa shape index (κ3) is 3.84. The highest BCUT2D eigenvalue weighted by Gasteiger charge is 2.14. The number of hydrogen-bond acceptors (Lipinski definition) is 1. The first-order valence-electron chi connectivity index (χ1n) is 7.13. The van der Waals surface area contributed by atoms with E-state index in [-0.39, 0.29) is 11.9 Å². The summed E-state index contributed by atoms with van der Waals surface area (Å²) in [5.41, 5.74) is 11.7. The molecule has 2 N–H and O–H groups in total. The highest BCUT2D eigenvalue weighted by atomic mass is 35.5. The van der Waals surface area contributed by atoms with Gasteiger partial charge in [0.05, 0.1) is 0 Å². The molecule has 3 heteroatoms. The molecule has 0 heterocycles. The first-order valence-corrected chi connectivity index (χ1v) is 7.51. The molecule has 2 rings (SSSR count). The van der Waals surface area contributed by atoms with Crippen molar-refractivity contribution in [1.82, 2.24) is 0 Å². The molecule has 1 unspecified atom stereocenters. The van der Waals surface area contributed by atoms with Crippen LogP contribution >= 0.6 is 11.6 Å². The van der Waals surface area contributed by atoms with Gasteiger partial charge in [0, 0.05) is 16.6 Å². The second kappa shape index (κ2) is 6.59. The second-order valence-corrected chi connectivity index (χ2v) is 6.15. The summed E-state index contributed by atoms with van der Waals surface area (Å²) >= 11 is 6.06. The minimum absolute atomic E-state index is 0.153. The fourth-order valence-electron chi connectivity index (χ4n) is 2.86. The summed E-state index contributed by atoms with van der Waals surface area (Å²) in [6.45, 7) is 6.28. The summed E-state index contributed by atoms with van der Waals surface area (Å²) in [4.78, 5) is 0. The molecule has 0 spiro atoms. The largest absolute Gasteiger partial charge is 0.327 e. The van der Waals surface area contributed by atoms with Gasteiger partial charge in [-0.05, 0) is 62.4 Å². The molecule has 1 nitrogen and oxygen atoms in total. The molecule has 0 aliphatic heterocycles. The highest BCUT2D eigenvalue weighted by molar-refractivity contribution is 6.31. The summed E-state index contributed by atoms with van der Waals surface area (Å²) in [6, 6.07) is 8.90. The van der Waals surface area contributed by atoms with Crippen LogP contribution in [0.15, 0.2) is 30.3 Å². The number of aryl methyl sites for hydroxylation is 3. The second-order valence-electron chi connectivity index (χ2n) is 5.75. The van der Waals surface area contributed by atoms with Crippen LogP contribution in [0.2, 0.25) is 5.02 Å². The Hall–Kier alpha value is -1.38. The first kappa shape index (κ1) is 16.0. The molecule has 0 amide bonds. The van der Waals surface area contributed by atoms with Gasteiger partial charge in [0.1, 0.15) is 5.82 Å². The van der Waals surface area contributed by atoms with Crippen LogP contribution in [0.1, 0.15) is 27.8 Å². The van der Waals surface area contributed by atoms with Crippen LogP contribution in [0, 0.1) is 26.6 Å². The van der Waals surface area contributed by atoms with Crippen LogP contribution in [-0.4, -0.2) is 6.04 Å². The Kier molecular flexibility index (Phi) is 5.02. The Morgan fingerprint density at radius 2 is 1.62 bits per heavy atom. The Bertz CT molecular complexity index is 608. The molecular formula is C18H21ClFN. The number of hydrogen-bond donors (Lipinski definition) is 1. The average molecular weight is 306 g/mol. The molecule has 0 aliphatic rings. The van der Waals surface area contributed by atoms with Crippen LogP contribution in [0.3, 0.4) is 0 Å². The molecule has 0 radical (unpaired) electrons. The maximum Gasteiger partial charge on any atom is 0.127 e. The van der Waals surface area contributed by atoms with Crippen LogP contribution < -0.4 is 5.73 Å². The van der Waals surface area contributed by atoms with Gasteiger partial charge >= 0.3 is 0 Å². The summed E-state index contributed by atoms with van der Waals surface area (Å²) in [5.74, 6) is -0.282. The lowest BCUT2D eigenvalue weighted by molar-refractivity contribution is 0.583. The van der Waals surface area contributed by atoms with E-state index in [1.807, 2.05) is 0 Å². The normalized spacial score (nSPS) is 12.5. The maximum atomic E-state index is 13.8. The van der Waals surface area contributed by atoms with Crippen LogP contribution in [0.5, 0.6) is 0 Å². The van der Waals surface area contributed by atoms with Gasteiger partial charge in [0.2, 0.25) is 0 Å². The Morgan fingerprint density at radius 3 is 2.19 bits per heavy atom. The van der Waals surface area contributed by atoms with Gasteiger partial charge in [0.25, 0.3) is 0 Å². The molecule has 21 heavy (non-hydrogen) atoms. The summed E-state index contributed by atoms with van der Waals surface area (Å²) in [7, 11) is 0. The van der Waals surface area contributed by atoms with Crippen molar-refractivity contribution in [3.05, 3.63) is 69.0 Å². The first-order chi connectivity index (χ1) is 9.88. The van der Waals surface area contributed by atoms with E-state index in [1.54, 1.807) is 12.1 Å². The van der Waals surface area contributed by atoms with Crippen molar-refractivity contribution in [2.75, 3.05) is 0 Å². The van der Waals surface area contributed by atoms with E-state index in [0.717, 1.165) is 6.42 Å². The number of nitrogens with two attached hydrogens (primary N) is 1. The summed E-state index contributed by atoms with van der Waals surface area (Å²) < 4.78 is 13.8. The van der Waals surface area contributed by atoms with Crippen LogP contribution in [-0.2, 0) is 12.8 Å². The maximum absolute atomic E-state index is 13.8. The van der Waals surface area contributed by atoms with Crippen molar-refractivity contribution in [1.29, 1.82) is 0 Å². The lowest BCUT2D eigenvalue weighted by atomic mass is 9.92. The van der Waals surface area contributed by atoms with Crippen molar-refractivity contribution in [3.63, 3.8) is 0 Å². The zero-order valence-electron chi connectivity index (χ0n) is 12.7. The predicted octanol–water partition coefficient (Wildman–Crippen LogP) is 4.52. The molecule has 0 saturated carbocycles. The minimum atomic E-state index is -0.282. The molecule has 2 aromatic carbocycles. The van der Waals surface area contributed by atoms with Gasteiger partial charge in [-0.1, -0.05) is 35.4 Å². The lowest BCUT2D eigenvalue weighted by Crippen LogP contribution is -2.27. The molecule has 0 fully saturated rings. The van der Waals surface area contributed by atoms with E-state index >= 15 is 0 Å². The Morgan fingerprint density at radius 1 is 1.05 bits per heavy atom. The highest BCUT2D eigenvalue weighted by Crippen LogP contribution is 2.23. The molecule has 0 aromatic heterocycles. The zero-order chi connectivity index (χ0) is 15.6. The summed E-state index contributed by atoms with van der Waals surface area (Å²) in [5, 5.41) is 0.447. The van der Waals surface area contributed by atoms with Crippen molar-refractivity contribution >= 4 is 11.6 Å². The number of rotatable bonds is 4. The molecule has 2 aromatic rings. The molecule has 0 saturated heterocycles. The minimum Gasteiger partial charge on any atom is -0.327 e.